The molecule has 7 heteroatoms. The molecule has 6 rings (SSSR count). The lowest BCUT2D eigenvalue weighted by molar-refractivity contribution is -0.0396. The Balaban J connectivity index is 1.39. The van der Waals surface area contributed by atoms with E-state index in [4.69, 9.17) is 24.2 Å². The third-order valence-corrected chi connectivity index (χ3v) is 7.65. The van der Waals surface area contributed by atoms with Crippen LogP contribution in [0.3, 0.4) is 0 Å². The van der Waals surface area contributed by atoms with Crippen LogP contribution in [0, 0.1) is 0 Å². The number of hydrogen-bond acceptors (Lipinski definition) is 7. The summed E-state index contributed by atoms with van der Waals surface area (Å²) in [4.78, 5) is 23.2. The smallest absolute Gasteiger partial charge is 0.163 e. The molecule has 39 heavy (non-hydrogen) atoms. The number of aryl methyl sites for hydroxylation is 1. The highest BCUT2D eigenvalue weighted by Gasteiger charge is 2.38. The second kappa shape index (κ2) is 9.50. The van der Waals surface area contributed by atoms with Gasteiger partial charge in [-0.1, -0.05) is 30.3 Å². The fourth-order valence-electron chi connectivity index (χ4n) is 5.31. The van der Waals surface area contributed by atoms with Crippen LogP contribution in [0.25, 0.3) is 32.8 Å². The van der Waals surface area contributed by atoms with Crippen LogP contribution in [0.15, 0.2) is 60.7 Å². The number of hydrogen-bond donors (Lipinski definition) is 1. The number of methoxy groups -OCH3 is 2. The van der Waals surface area contributed by atoms with Crippen LogP contribution in [0.1, 0.15) is 41.8 Å². The van der Waals surface area contributed by atoms with Gasteiger partial charge in [-0.05, 0) is 50.1 Å². The van der Waals surface area contributed by atoms with Crippen molar-refractivity contribution < 1.29 is 24.1 Å². The number of ketones is 1. The molecule has 1 aromatic heterocycles. The van der Waals surface area contributed by atoms with Crippen LogP contribution in [0.2, 0.25) is 0 Å². The van der Waals surface area contributed by atoms with Crippen molar-refractivity contribution in [2.45, 2.75) is 44.8 Å². The van der Waals surface area contributed by atoms with E-state index in [1.165, 1.54) is 0 Å². The van der Waals surface area contributed by atoms with Crippen molar-refractivity contribution in [1.29, 1.82) is 0 Å². The Hall–Kier alpha value is -4.23. The lowest BCUT2D eigenvalue weighted by Gasteiger charge is -2.38. The van der Waals surface area contributed by atoms with E-state index in [0.717, 1.165) is 38.7 Å². The molecule has 2 heterocycles. The normalized spacial score (nSPS) is 16.2. The molecular weight excluding hydrogens is 492 g/mol. The fraction of sp³-hybridized carbons (Fsp3) is 0.281. The maximum atomic E-state index is 13.2. The minimum Gasteiger partial charge on any atom is -0.497 e. The van der Waals surface area contributed by atoms with Gasteiger partial charge in [0.2, 0.25) is 0 Å². The fourth-order valence-corrected chi connectivity index (χ4v) is 5.31. The molecule has 7 nitrogen and oxygen atoms in total. The number of fused-ring (bicyclic) bond motifs is 7. The van der Waals surface area contributed by atoms with Gasteiger partial charge < -0.3 is 19.3 Å². The Morgan fingerprint density at radius 3 is 2.51 bits per heavy atom. The number of benzene rings is 4. The van der Waals surface area contributed by atoms with E-state index in [1.807, 2.05) is 68.4 Å². The topological polar surface area (TPSA) is 90.8 Å². The standard InChI is InChI=1S/C32H30N2O5/c1-32(2)28(36)17-23-30-29(21-7-5-6-8-22(21)31(23)39-32)34-25-15-19(10-13-24(25)33-30)26(35)14-11-18-9-12-20(37-3)16-27(18)38-4/h5-10,12-13,15-16,28,36H,11,14,17H2,1-4H3. The molecule has 0 fully saturated rings. The molecule has 5 aromatic rings. The van der Waals surface area contributed by atoms with E-state index in [0.29, 0.717) is 47.4 Å². The second-order valence-electron chi connectivity index (χ2n) is 10.5. The summed E-state index contributed by atoms with van der Waals surface area (Å²) in [6, 6.07) is 19.0. The molecule has 4 aromatic carbocycles. The zero-order chi connectivity index (χ0) is 27.3. The van der Waals surface area contributed by atoms with Crippen molar-refractivity contribution in [2.75, 3.05) is 14.2 Å². The Morgan fingerprint density at radius 1 is 0.974 bits per heavy atom. The summed E-state index contributed by atoms with van der Waals surface area (Å²) in [6.45, 7) is 3.80. The number of ether oxygens (including phenoxy) is 3. The molecule has 0 amide bonds. The first-order chi connectivity index (χ1) is 18.8. The molecule has 1 aliphatic heterocycles. The van der Waals surface area contributed by atoms with Gasteiger partial charge in [0, 0.05) is 40.8 Å². The first-order valence-corrected chi connectivity index (χ1v) is 13.1. The van der Waals surface area contributed by atoms with Gasteiger partial charge in [0.25, 0.3) is 0 Å². The average molecular weight is 523 g/mol. The quantitative estimate of drug-likeness (QED) is 0.170. The molecule has 0 spiro atoms. The van der Waals surface area contributed by atoms with Gasteiger partial charge in [-0.25, -0.2) is 9.97 Å². The molecule has 0 saturated carbocycles. The van der Waals surface area contributed by atoms with E-state index < -0.39 is 11.7 Å². The summed E-state index contributed by atoms with van der Waals surface area (Å²) in [7, 11) is 3.22. The Kier molecular flexibility index (Phi) is 6.11. The van der Waals surface area contributed by atoms with Crippen molar-refractivity contribution in [3.63, 3.8) is 0 Å². The van der Waals surface area contributed by atoms with Crippen molar-refractivity contribution in [3.8, 4) is 17.2 Å². The second-order valence-corrected chi connectivity index (χ2v) is 10.5. The first-order valence-electron chi connectivity index (χ1n) is 13.1. The molecule has 1 aliphatic rings. The van der Waals surface area contributed by atoms with Gasteiger partial charge in [-0.2, -0.15) is 0 Å². The molecule has 0 bridgehead atoms. The highest BCUT2D eigenvalue weighted by molar-refractivity contribution is 6.11. The van der Waals surface area contributed by atoms with Gasteiger partial charge in [-0.3, -0.25) is 4.79 Å². The third kappa shape index (κ3) is 4.33. The predicted octanol–water partition coefficient (Wildman–Crippen LogP) is 5.84. The lowest BCUT2D eigenvalue weighted by atomic mass is 9.88. The number of aliphatic hydroxyl groups is 1. The van der Waals surface area contributed by atoms with Gasteiger partial charge in [-0.15, -0.1) is 0 Å². The van der Waals surface area contributed by atoms with E-state index >= 15 is 0 Å². The van der Waals surface area contributed by atoms with Crippen LogP contribution in [0.5, 0.6) is 17.2 Å². The highest BCUT2D eigenvalue weighted by Crippen LogP contribution is 2.43. The lowest BCUT2D eigenvalue weighted by Crippen LogP contribution is -2.46. The van der Waals surface area contributed by atoms with E-state index in [9.17, 15) is 9.90 Å². The molecule has 1 unspecified atom stereocenters. The summed E-state index contributed by atoms with van der Waals surface area (Å²) < 4.78 is 17.1. The van der Waals surface area contributed by atoms with Crippen molar-refractivity contribution in [1.82, 2.24) is 9.97 Å². The monoisotopic (exact) mass is 522 g/mol. The molecule has 1 atom stereocenters. The van der Waals surface area contributed by atoms with Crippen LogP contribution >= 0.6 is 0 Å². The number of carbonyl (C=O) groups excluding carboxylic acids is 1. The van der Waals surface area contributed by atoms with Crippen molar-refractivity contribution in [3.05, 3.63) is 77.4 Å². The Morgan fingerprint density at radius 2 is 1.74 bits per heavy atom. The summed E-state index contributed by atoms with van der Waals surface area (Å²) >= 11 is 0. The van der Waals surface area contributed by atoms with Gasteiger partial charge in [0.05, 0.1) is 42.4 Å². The highest BCUT2D eigenvalue weighted by atomic mass is 16.5. The van der Waals surface area contributed by atoms with E-state index in [2.05, 4.69) is 0 Å². The van der Waals surface area contributed by atoms with Crippen molar-refractivity contribution >= 4 is 38.6 Å². The van der Waals surface area contributed by atoms with Crippen LogP contribution in [0.4, 0.5) is 0 Å². The number of Topliss-reactive ketones (excluding diaryl/α,β-unsaturated/α-hetero) is 1. The molecular formula is C32H30N2O5. The van der Waals surface area contributed by atoms with Gasteiger partial charge in [0.1, 0.15) is 22.8 Å². The molecule has 198 valence electrons. The number of rotatable bonds is 6. The first kappa shape index (κ1) is 25.1. The zero-order valence-electron chi connectivity index (χ0n) is 22.4. The molecule has 1 N–H and O–H groups in total. The van der Waals surface area contributed by atoms with Crippen LogP contribution in [-0.4, -0.2) is 46.8 Å². The van der Waals surface area contributed by atoms with E-state index in [1.54, 1.807) is 20.3 Å². The predicted molar refractivity (Wildman–Crippen MR) is 151 cm³/mol. The molecule has 0 aliphatic carbocycles. The Bertz CT molecular complexity index is 1760. The van der Waals surface area contributed by atoms with Crippen molar-refractivity contribution in [2.24, 2.45) is 0 Å². The summed E-state index contributed by atoms with van der Waals surface area (Å²) in [6.07, 6.45) is 0.630. The summed E-state index contributed by atoms with van der Waals surface area (Å²) in [5.41, 5.74) is 4.48. The van der Waals surface area contributed by atoms with Crippen LogP contribution < -0.4 is 14.2 Å². The number of carbonyl (C=O) groups is 1. The number of nitrogens with zero attached hydrogens (tertiary/aromatic N) is 2. The summed E-state index contributed by atoms with van der Waals surface area (Å²) in [5, 5.41) is 12.7. The zero-order valence-corrected chi connectivity index (χ0v) is 22.4. The van der Waals surface area contributed by atoms with Gasteiger partial charge in [0.15, 0.2) is 5.78 Å². The number of aliphatic hydroxyl groups excluding tert-OH is 1. The molecule has 0 radical (unpaired) electrons. The molecule has 0 saturated heterocycles. The maximum absolute atomic E-state index is 13.2. The number of aromatic nitrogens is 2. The summed E-state index contributed by atoms with van der Waals surface area (Å²) in [5.74, 6) is 2.18. The minimum absolute atomic E-state index is 0.0192. The third-order valence-electron chi connectivity index (χ3n) is 7.65. The minimum atomic E-state index is -0.709. The average Bonchev–Trinajstić information content (AvgIpc) is 2.95. The Labute approximate surface area is 226 Å². The largest absolute Gasteiger partial charge is 0.497 e. The van der Waals surface area contributed by atoms with Gasteiger partial charge >= 0.3 is 0 Å². The van der Waals surface area contributed by atoms with E-state index in [-0.39, 0.29) is 5.78 Å². The van der Waals surface area contributed by atoms with Crippen LogP contribution in [-0.2, 0) is 12.8 Å². The SMILES string of the molecule is COc1ccc(CCC(=O)c2ccc3nc4c5c(c6ccccc6c4nc3c2)OC(C)(C)C(O)C5)c(OC)c1. The maximum Gasteiger partial charge on any atom is 0.163 e.